The molecule has 1 heterocycles. The van der Waals surface area contributed by atoms with E-state index in [0.29, 0.717) is 0 Å². The molecular formula is C3H5N3S2. The summed E-state index contributed by atoms with van der Waals surface area (Å²) in [4.78, 5) is 0. The minimum atomic E-state index is 0.928. The first-order valence-electron chi connectivity index (χ1n) is 2.00. The van der Waals surface area contributed by atoms with Gasteiger partial charge in [-0.25, -0.2) is 0 Å². The molecule has 0 saturated carbocycles. The highest BCUT2D eigenvalue weighted by Crippen LogP contribution is 2.24. The molecule has 3 nitrogen and oxygen atoms in total. The standard InChI is InChI=1S/C3H5N3S2/c1-7-8-3-2-4-6-5-3/h2H,1H3,(H,4,5,6). The maximum Gasteiger partial charge on any atom is 0.149 e. The quantitative estimate of drug-likeness (QED) is 0.638. The molecule has 0 aliphatic heterocycles. The van der Waals surface area contributed by atoms with Crippen molar-refractivity contribution in [3.05, 3.63) is 6.20 Å². The molecule has 5 heteroatoms. The molecule has 0 radical (unpaired) electrons. The third-order valence-corrected chi connectivity index (χ3v) is 2.11. The average Bonchev–Trinajstić information content (AvgIpc) is 2.19. The molecule has 1 rings (SSSR count). The van der Waals surface area contributed by atoms with Crippen LogP contribution in [0.1, 0.15) is 0 Å². The molecule has 8 heavy (non-hydrogen) atoms. The molecule has 1 aromatic heterocycles. The van der Waals surface area contributed by atoms with Crippen molar-refractivity contribution in [2.45, 2.75) is 5.03 Å². The first kappa shape index (κ1) is 5.97. The number of aromatic nitrogens is 3. The molecule has 0 bridgehead atoms. The summed E-state index contributed by atoms with van der Waals surface area (Å²) in [6, 6.07) is 0. The Morgan fingerprint density at radius 2 is 2.62 bits per heavy atom. The number of hydrogen-bond donors (Lipinski definition) is 1. The van der Waals surface area contributed by atoms with E-state index in [-0.39, 0.29) is 0 Å². The van der Waals surface area contributed by atoms with Crippen LogP contribution >= 0.6 is 21.6 Å². The molecule has 0 saturated heterocycles. The summed E-state index contributed by atoms with van der Waals surface area (Å²) in [5.41, 5.74) is 0. The lowest BCUT2D eigenvalue weighted by molar-refractivity contribution is 0.912. The summed E-state index contributed by atoms with van der Waals surface area (Å²) in [5.74, 6) is 0. The summed E-state index contributed by atoms with van der Waals surface area (Å²) in [6.45, 7) is 0. The second-order valence-corrected chi connectivity index (χ2v) is 3.48. The largest absolute Gasteiger partial charge is 0.197 e. The lowest BCUT2D eigenvalue weighted by atomic mass is 11.0. The van der Waals surface area contributed by atoms with E-state index in [0.717, 1.165) is 5.03 Å². The molecule has 0 aliphatic rings. The molecule has 0 aromatic carbocycles. The van der Waals surface area contributed by atoms with Gasteiger partial charge in [-0.3, -0.25) is 0 Å². The number of hydrogen-bond acceptors (Lipinski definition) is 4. The number of nitrogens with one attached hydrogen (secondary N) is 1. The predicted molar refractivity (Wildman–Crippen MR) is 35.8 cm³/mol. The van der Waals surface area contributed by atoms with E-state index in [9.17, 15) is 0 Å². The van der Waals surface area contributed by atoms with Gasteiger partial charge in [-0.15, -0.1) is 5.10 Å². The first-order chi connectivity index (χ1) is 3.93. The second-order valence-electron chi connectivity index (χ2n) is 1.06. The number of rotatable bonds is 2. The zero-order valence-corrected chi connectivity index (χ0v) is 5.92. The van der Waals surface area contributed by atoms with Gasteiger partial charge in [0.1, 0.15) is 5.03 Å². The highest BCUT2D eigenvalue weighted by molar-refractivity contribution is 8.76. The van der Waals surface area contributed by atoms with Crippen LogP contribution < -0.4 is 0 Å². The molecule has 0 atom stereocenters. The van der Waals surface area contributed by atoms with Crippen LogP contribution in [-0.4, -0.2) is 21.7 Å². The monoisotopic (exact) mass is 147 g/mol. The van der Waals surface area contributed by atoms with Crippen LogP contribution in [0.2, 0.25) is 0 Å². The normalized spacial score (nSPS) is 9.62. The average molecular weight is 147 g/mol. The zero-order valence-electron chi connectivity index (χ0n) is 4.29. The van der Waals surface area contributed by atoms with Crippen molar-refractivity contribution in [3.63, 3.8) is 0 Å². The Hall–Kier alpha value is -0.160. The fourth-order valence-corrected chi connectivity index (χ4v) is 1.41. The molecule has 1 aromatic rings. The molecule has 0 spiro atoms. The van der Waals surface area contributed by atoms with Crippen molar-refractivity contribution in [1.29, 1.82) is 0 Å². The SMILES string of the molecule is CSSc1cn[nH]n1. The third-order valence-electron chi connectivity index (χ3n) is 0.562. The van der Waals surface area contributed by atoms with Gasteiger partial charge in [0, 0.05) is 0 Å². The topological polar surface area (TPSA) is 41.6 Å². The van der Waals surface area contributed by atoms with Crippen molar-refractivity contribution < 1.29 is 0 Å². The van der Waals surface area contributed by atoms with E-state index >= 15 is 0 Å². The summed E-state index contributed by atoms with van der Waals surface area (Å²) in [6.07, 6.45) is 3.69. The fraction of sp³-hybridized carbons (Fsp3) is 0.333. The van der Waals surface area contributed by atoms with Crippen LogP contribution in [0.4, 0.5) is 0 Å². The minimum Gasteiger partial charge on any atom is -0.197 e. The van der Waals surface area contributed by atoms with Gasteiger partial charge in [0.2, 0.25) is 0 Å². The highest BCUT2D eigenvalue weighted by atomic mass is 33.1. The number of H-pyrrole nitrogens is 1. The van der Waals surface area contributed by atoms with Crippen molar-refractivity contribution in [3.8, 4) is 0 Å². The van der Waals surface area contributed by atoms with Crippen molar-refractivity contribution in [2.75, 3.05) is 6.26 Å². The van der Waals surface area contributed by atoms with Gasteiger partial charge in [-0.2, -0.15) is 10.3 Å². The predicted octanol–water partition coefficient (Wildman–Crippen LogP) is 1.17. The van der Waals surface area contributed by atoms with Crippen LogP contribution in [0.5, 0.6) is 0 Å². The van der Waals surface area contributed by atoms with Crippen LogP contribution in [-0.2, 0) is 0 Å². The van der Waals surface area contributed by atoms with Gasteiger partial charge in [0.15, 0.2) is 0 Å². The van der Waals surface area contributed by atoms with E-state index < -0.39 is 0 Å². The van der Waals surface area contributed by atoms with E-state index in [1.807, 2.05) is 6.26 Å². The Morgan fingerprint density at radius 1 is 1.75 bits per heavy atom. The summed E-state index contributed by atoms with van der Waals surface area (Å²) < 4.78 is 0. The van der Waals surface area contributed by atoms with Gasteiger partial charge >= 0.3 is 0 Å². The smallest absolute Gasteiger partial charge is 0.149 e. The van der Waals surface area contributed by atoms with Crippen LogP contribution in [0.25, 0.3) is 0 Å². The van der Waals surface area contributed by atoms with Gasteiger partial charge in [-0.05, 0) is 17.0 Å². The maximum absolute atomic E-state index is 3.81. The zero-order chi connectivity index (χ0) is 5.82. The molecule has 0 fully saturated rings. The Bertz CT molecular complexity index is 138. The van der Waals surface area contributed by atoms with Crippen LogP contribution in [0.3, 0.4) is 0 Å². The molecule has 44 valence electrons. The molecule has 0 amide bonds. The van der Waals surface area contributed by atoms with E-state index in [4.69, 9.17) is 0 Å². The second kappa shape index (κ2) is 2.99. The van der Waals surface area contributed by atoms with Crippen molar-refractivity contribution in [2.24, 2.45) is 0 Å². The first-order valence-corrected chi connectivity index (χ1v) is 4.55. The summed E-state index contributed by atoms with van der Waals surface area (Å²) in [5, 5.41) is 10.9. The number of nitrogens with zero attached hydrogens (tertiary/aromatic N) is 2. The van der Waals surface area contributed by atoms with Gasteiger partial charge < -0.3 is 0 Å². The van der Waals surface area contributed by atoms with Crippen LogP contribution in [0, 0.1) is 0 Å². The van der Waals surface area contributed by atoms with E-state index in [1.165, 1.54) is 0 Å². The fourth-order valence-electron chi connectivity index (χ4n) is 0.317. The molecule has 0 aliphatic carbocycles. The van der Waals surface area contributed by atoms with Crippen LogP contribution in [0.15, 0.2) is 11.2 Å². The van der Waals surface area contributed by atoms with E-state index in [1.54, 1.807) is 27.8 Å². The lowest BCUT2D eigenvalue weighted by Gasteiger charge is -1.82. The Balaban J connectivity index is 2.50. The third kappa shape index (κ3) is 1.41. The Kier molecular flexibility index (Phi) is 2.23. The molecule has 1 N–H and O–H groups in total. The Labute approximate surface area is 55.0 Å². The summed E-state index contributed by atoms with van der Waals surface area (Å²) >= 11 is 0. The minimum absolute atomic E-state index is 0.928. The van der Waals surface area contributed by atoms with Gasteiger partial charge in [0.25, 0.3) is 0 Å². The van der Waals surface area contributed by atoms with E-state index in [2.05, 4.69) is 15.4 Å². The van der Waals surface area contributed by atoms with Crippen molar-refractivity contribution >= 4 is 21.6 Å². The Morgan fingerprint density at radius 3 is 3.12 bits per heavy atom. The highest BCUT2D eigenvalue weighted by Gasteiger charge is 1.90. The maximum atomic E-state index is 3.81. The molecule has 0 unspecified atom stereocenters. The molecular weight excluding hydrogens is 142 g/mol. The van der Waals surface area contributed by atoms with Crippen molar-refractivity contribution in [1.82, 2.24) is 15.4 Å². The summed E-state index contributed by atoms with van der Waals surface area (Å²) in [7, 11) is 3.25. The van der Waals surface area contributed by atoms with Gasteiger partial charge in [-0.1, -0.05) is 10.8 Å². The lowest BCUT2D eigenvalue weighted by Crippen LogP contribution is -1.66. The number of aromatic amines is 1. The van der Waals surface area contributed by atoms with Gasteiger partial charge in [0.05, 0.1) is 6.20 Å².